The van der Waals surface area contributed by atoms with Crippen molar-refractivity contribution >= 4 is 6.03 Å². The maximum absolute atomic E-state index is 12.7. The SMILES string of the molecule is CC(C)N1CCCC(CNC(=O)N(C)Cc2ccccc2CN2CCCC2)C1. The van der Waals surface area contributed by atoms with Crippen LogP contribution in [0.15, 0.2) is 24.3 Å². The molecule has 156 valence electrons. The minimum Gasteiger partial charge on any atom is -0.338 e. The van der Waals surface area contributed by atoms with Gasteiger partial charge < -0.3 is 15.1 Å². The van der Waals surface area contributed by atoms with Crippen molar-refractivity contribution in [2.75, 3.05) is 39.8 Å². The second-order valence-corrected chi connectivity index (χ2v) is 8.89. The molecule has 1 aromatic rings. The fraction of sp³-hybridized carbons (Fsp3) is 0.696. The molecule has 2 aliphatic rings. The van der Waals surface area contributed by atoms with Gasteiger partial charge in [0.05, 0.1) is 0 Å². The van der Waals surface area contributed by atoms with E-state index in [0.717, 1.165) is 19.6 Å². The minimum atomic E-state index is 0.0395. The minimum absolute atomic E-state index is 0.0395. The van der Waals surface area contributed by atoms with Gasteiger partial charge in [-0.1, -0.05) is 24.3 Å². The molecule has 1 atom stereocenters. The number of rotatable bonds is 7. The molecule has 0 aromatic heterocycles. The Kier molecular flexibility index (Phi) is 7.74. The monoisotopic (exact) mass is 386 g/mol. The average Bonchev–Trinajstić information content (AvgIpc) is 3.21. The molecule has 2 aliphatic heterocycles. The number of likely N-dealkylation sites (tertiary alicyclic amines) is 2. The lowest BCUT2D eigenvalue weighted by molar-refractivity contribution is 0.137. The summed E-state index contributed by atoms with van der Waals surface area (Å²) in [4.78, 5) is 19.5. The molecule has 0 aliphatic carbocycles. The molecule has 0 spiro atoms. The van der Waals surface area contributed by atoms with Crippen LogP contribution in [-0.4, -0.2) is 66.5 Å². The van der Waals surface area contributed by atoms with Gasteiger partial charge in [-0.25, -0.2) is 4.79 Å². The predicted octanol–water partition coefficient (Wildman–Crippen LogP) is 3.54. The molecule has 2 fully saturated rings. The van der Waals surface area contributed by atoms with Gasteiger partial charge in [-0.05, 0) is 76.2 Å². The van der Waals surface area contributed by atoms with Crippen LogP contribution in [-0.2, 0) is 13.1 Å². The lowest BCUT2D eigenvalue weighted by atomic mass is 9.97. The fourth-order valence-corrected chi connectivity index (χ4v) is 4.47. The highest BCUT2D eigenvalue weighted by molar-refractivity contribution is 5.73. The molecular formula is C23H38N4O. The number of hydrogen-bond donors (Lipinski definition) is 1. The van der Waals surface area contributed by atoms with E-state index < -0.39 is 0 Å². The Bertz CT molecular complexity index is 627. The summed E-state index contributed by atoms with van der Waals surface area (Å²) in [6.07, 6.45) is 5.06. The number of piperidine rings is 1. The van der Waals surface area contributed by atoms with Crippen LogP contribution in [0.25, 0.3) is 0 Å². The maximum atomic E-state index is 12.7. The van der Waals surface area contributed by atoms with Gasteiger partial charge >= 0.3 is 6.03 Å². The van der Waals surface area contributed by atoms with Crippen molar-refractivity contribution < 1.29 is 4.79 Å². The van der Waals surface area contributed by atoms with Crippen LogP contribution >= 0.6 is 0 Å². The molecule has 3 rings (SSSR count). The van der Waals surface area contributed by atoms with Crippen molar-refractivity contribution in [3.8, 4) is 0 Å². The summed E-state index contributed by atoms with van der Waals surface area (Å²) in [6, 6.07) is 9.19. The van der Waals surface area contributed by atoms with Gasteiger partial charge in [0.15, 0.2) is 0 Å². The van der Waals surface area contributed by atoms with Gasteiger partial charge in [0.1, 0.15) is 0 Å². The van der Waals surface area contributed by atoms with Crippen molar-refractivity contribution in [1.29, 1.82) is 0 Å². The Morgan fingerprint density at radius 2 is 1.86 bits per heavy atom. The molecule has 5 nitrogen and oxygen atoms in total. The van der Waals surface area contributed by atoms with Gasteiger partial charge in [-0.3, -0.25) is 4.90 Å². The summed E-state index contributed by atoms with van der Waals surface area (Å²) in [7, 11) is 1.91. The molecule has 2 heterocycles. The number of carbonyl (C=O) groups excluding carboxylic acids is 1. The Morgan fingerprint density at radius 1 is 1.14 bits per heavy atom. The van der Waals surface area contributed by atoms with E-state index in [1.807, 2.05) is 11.9 Å². The van der Waals surface area contributed by atoms with E-state index in [-0.39, 0.29) is 6.03 Å². The van der Waals surface area contributed by atoms with Crippen molar-refractivity contribution in [3.05, 3.63) is 35.4 Å². The van der Waals surface area contributed by atoms with Crippen LogP contribution in [0.2, 0.25) is 0 Å². The van der Waals surface area contributed by atoms with Gasteiger partial charge in [-0.2, -0.15) is 0 Å². The highest BCUT2D eigenvalue weighted by atomic mass is 16.2. The van der Waals surface area contributed by atoms with Crippen LogP contribution in [0, 0.1) is 5.92 Å². The summed E-state index contributed by atoms with van der Waals surface area (Å²) in [5, 5.41) is 3.17. The molecule has 2 amide bonds. The third-order valence-corrected chi connectivity index (χ3v) is 6.29. The van der Waals surface area contributed by atoms with Gasteiger partial charge in [0.25, 0.3) is 0 Å². The van der Waals surface area contributed by atoms with E-state index in [9.17, 15) is 4.79 Å². The van der Waals surface area contributed by atoms with E-state index in [0.29, 0.717) is 18.5 Å². The third kappa shape index (κ3) is 5.95. The highest BCUT2D eigenvalue weighted by Crippen LogP contribution is 2.19. The van der Waals surface area contributed by atoms with Gasteiger partial charge in [0, 0.05) is 39.3 Å². The Morgan fingerprint density at radius 3 is 2.57 bits per heavy atom. The van der Waals surface area contributed by atoms with E-state index >= 15 is 0 Å². The number of benzene rings is 1. The first kappa shape index (κ1) is 21.1. The molecular weight excluding hydrogens is 348 g/mol. The molecule has 1 unspecified atom stereocenters. The molecule has 5 heteroatoms. The zero-order valence-electron chi connectivity index (χ0n) is 18.0. The average molecular weight is 387 g/mol. The van der Waals surface area contributed by atoms with Crippen molar-refractivity contribution in [3.63, 3.8) is 0 Å². The second kappa shape index (κ2) is 10.3. The standard InChI is InChI=1S/C23H38N4O/c1-19(2)27-14-8-9-20(16-27)15-24-23(28)25(3)17-21-10-4-5-11-22(21)18-26-12-6-7-13-26/h4-5,10-11,19-20H,6-9,12-18H2,1-3H3,(H,24,28). The Hall–Kier alpha value is -1.59. The van der Waals surface area contributed by atoms with E-state index in [4.69, 9.17) is 0 Å². The highest BCUT2D eigenvalue weighted by Gasteiger charge is 2.22. The second-order valence-electron chi connectivity index (χ2n) is 8.89. The number of carbonyl (C=O) groups is 1. The largest absolute Gasteiger partial charge is 0.338 e. The van der Waals surface area contributed by atoms with E-state index in [1.165, 1.54) is 56.4 Å². The molecule has 0 bridgehead atoms. The summed E-state index contributed by atoms with van der Waals surface area (Å²) in [6.45, 7) is 11.6. The normalized spacial score (nSPS) is 21.2. The zero-order chi connectivity index (χ0) is 19.9. The number of hydrogen-bond acceptors (Lipinski definition) is 3. The molecule has 1 N–H and O–H groups in total. The van der Waals surface area contributed by atoms with Crippen molar-refractivity contribution in [1.82, 2.24) is 20.0 Å². The topological polar surface area (TPSA) is 38.8 Å². The van der Waals surface area contributed by atoms with Crippen LogP contribution in [0.5, 0.6) is 0 Å². The van der Waals surface area contributed by atoms with E-state index in [1.54, 1.807) is 0 Å². The van der Waals surface area contributed by atoms with Crippen LogP contribution in [0.3, 0.4) is 0 Å². The number of amides is 2. The molecule has 2 saturated heterocycles. The lowest BCUT2D eigenvalue weighted by Crippen LogP contribution is -2.45. The summed E-state index contributed by atoms with van der Waals surface area (Å²) >= 11 is 0. The maximum Gasteiger partial charge on any atom is 0.317 e. The first-order valence-corrected chi connectivity index (χ1v) is 11.0. The summed E-state index contributed by atoms with van der Waals surface area (Å²) < 4.78 is 0. The zero-order valence-corrected chi connectivity index (χ0v) is 18.0. The third-order valence-electron chi connectivity index (χ3n) is 6.29. The first-order valence-electron chi connectivity index (χ1n) is 11.0. The molecule has 0 radical (unpaired) electrons. The van der Waals surface area contributed by atoms with Crippen LogP contribution in [0.4, 0.5) is 4.79 Å². The number of nitrogens with one attached hydrogen (secondary N) is 1. The first-order chi connectivity index (χ1) is 13.5. The lowest BCUT2D eigenvalue weighted by Gasteiger charge is -2.35. The van der Waals surface area contributed by atoms with Gasteiger partial charge in [0.2, 0.25) is 0 Å². The molecule has 0 saturated carbocycles. The van der Waals surface area contributed by atoms with Crippen LogP contribution < -0.4 is 5.32 Å². The Balaban J connectivity index is 1.49. The fourth-order valence-electron chi connectivity index (χ4n) is 4.47. The smallest absolute Gasteiger partial charge is 0.317 e. The van der Waals surface area contributed by atoms with E-state index in [2.05, 4.69) is 53.2 Å². The molecule has 1 aromatic carbocycles. The Labute approximate surface area is 171 Å². The quantitative estimate of drug-likeness (QED) is 0.779. The van der Waals surface area contributed by atoms with Gasteiger partial charge in [-0.15, -0.1) is 0 Å². The summed E-state index contributed by atoms with van der Waals surface area (Å²) in [5.41, 5.74) is 2.61. The molecule has 28 heavy (non-hydrogen) atoms. The number of nitrogens with zero attached hydrogens (tertiary/aromatic N) is 3. The van der Waals surface area contributed by atoms with Crippen molar-refractivity contribution in [2.45, 2.75) is 58.7 Å². The summed E-state index contributed by atoms with van der Waals surface area (Å²) in [5.74, 6) is 0.566. The van der Waals surface area contributed by atoms with Crippen molar-refractivity contribution in [2.24, 2.45) is 5.92 Å². The van der Waals surface area contributed by atoms with Crippen LogP contribution in [0.1, 0.15) is 50.7 Å². The number of urea groups is 1. The predicted molar refractivity (Wildman–Crippen MR) is 115 cm³/mol.